The largest absolute Gasteiger partial charge is 0.486 e. The number of benzene rings is 1. The van der Waals surface area contributed by atoms with Gasteiger partial charge >= 0.3 is 0 Å². The Morgan fingerprint density at radius 2 is 2.04 bits per heavy atom. The number of aliphatic imine (C=N–C) groups is 1. The summed E-state index contributed by atoms with van der Waals surface area (Å²) in [5.41, 5.74) is 0.925. The molecular formula is C19H28FIN4O2. The molecule has 0 saturated carbocycles. The Morgan fingerprint density at radius 3 is 2.63 bits per heavy atom. The molecular weight excluding hydrogens is 462 g/mol. The molecule has 1 unspecified atom stereocenters. The third-order valence-electron chi connectivity index (χ3n) is 3.91. The molecule has 2 N–H and O–H groups in total. The number of nitrogens with one attached hydrogen (secondary N) is 2. The van der Waals surface area contributed by atoms with Crippen LogP contribution in [0.15, 0.2) is 39.8 Å². The van der Waals surface area contributed by atoms with Crippen LogP contribution in [0.2, 0.25) is 0 Å². The van der Waals surface area contributed by atoms with Gasteiger partial charge in [0.2, 0.25) is 0 Å². The predicted octanol–water partition coefficient (Wildman–Crippen LogP) is 4.08. The number of hydrogen-bond acceptors (Lipinski definition) is 4. The van der Waals surface area contributed by atoms with Gasteiger partial charge in [0.15, 0.2) is 23.3 Å². The molecule has 1 aromatic heterocycles. The minimum absolute atomic E-state index is 0. The summed E-state index contributed by atoms with van der Waals surface area (Å²) in [4.78, 5) is 4.18. The lowest BCUT2D eigenvalue weighted by molar-refractivity contribution is 0.191. The summed E-state index contributed by atoms with van der Waals surface area (Å²) in [6.45, 7) is 7.10. The van der Waals surface area contributed by atoms with E-state index in [0.29, 0.717) is 25.0 Å². The van der Waals surface area contributed by atoms with Crippen molar-refractivity contribution in [2.75, 3.05) is 13.6 Å². The molecule has 0 aliphatic carbocycles. The van der Waals surface area contributed by atoms with Gasteiger partial charge in [-0.15, -0.1) is 24.0 Å². The van der Waals surface area contributed by atoms with E-state index in [-0.39, 0.29) is 41.6 Å². The van der Waals surface area contributed by atoms with Crippen LogP contribution in [-0.4, -0.2) is 30.8 Å². The predicted molar refractivity (Wildman–Crippen MR) is 115 cm³/mol. The van der Waals surface area contributed by atoms with E-state index in [2.05, 4.69) is 34.6 Å². The van der Waals surface area contributed by atoms with Crippen LogP contribution in [0.3, 0.4) is 0 Å². The summed E-state index contributed by atoms with van der Waals surface area (Å²) < 4.78 is 24.8. The van der Waals surface area contributed by atoms with Crippen LogP contribution in [0, 0.1) is 5.82 Å². The van der Waals surface area contributed by atoms with E-state index in [0.717, 1.165) is 17.9 Å². The molecule has 8 heteroatoms. The van der Waals surface area contributed by atoms with Crippen LogP contribution in [0.4, 0.5) is 4.39 Å². The zero-order chi connectivity index (χ0) is 18.9. The zero-order valence-electron chi connectivity index (χ0n) is 16.2. The fraction of sp³-hybridized carbons (Fsp3) is 0.474. The van der Waals surface area contributed by atoms with Crippen molar-refractivity contribution >= 4 is 29.9 Å². The van der Waals surface area contributed by atoms with Gasteiger partial charge in [-0.05, 0) is 24.5 Å². The zero-order valence-corrected chi connectivity index (χ0v) is 18.5. The summed E-state index contributed by atoms with van der Waals surface area (Å²) in [6, 6.07) is 8.34. The first-order chi connectivity index (χ1) is 12.5. The van der Waals surface area contributed by atoms with Crippen LogP contribution in [0.5, 0.6) is 5.75 Å². The maximum atomic E-state index is 13.7. The number of guanidine groups is 1. The molecule has 0 spiro atoms. The van der Waals surface area contributed by atoms with E-state index >= 15 is 0 Å². The lowest BCUT2D eigenvalue weighted by Crippen LogP contribution is -2.42. The molecule has 2 rings (SSSR count). The van der Waals surface area contributed by atoms with Gasteiger partial charge in [0.25, 0.3) is 0 Å². The van der Waals surface area contributed by atoms with Gasteiger partial charge in [0, 0.05) is 13.1 Å². The average molecular weight is 490 g/mol. The molecule has 1 atom stereocenters. The van der Waals surface area contributed by atoms with Crippen molar-refractivity contribution < 1.29 is 13.7 Å². The van der Waals surface area contributed by atoms with Crippen LogP contribution >= 0.6 is 24.0 Å². The van der Waals surface area contributed by atoms with E-state index in [1.54, 1.807) is 25.2 Å². The first-order valence-corrected chi connectivity index (χ1v) is 8.84. The highest BCUT2D eigenvalue weighted by atomic mass is 127. The fourth-order valence-electron chi connectivity index (χ4n) is 2.28. The van der Waals surface area contributed by atoms with Crippen molar-refractivity contribution in [1.82, 2.24) is 15.8 Å². The smallest absolute Gasteiger partial charge is 0.191 e. The van der Waals surface area contributed by atoms with Crippen molar-refractivity contribution in [1.29, 1.82) is 0 Å². The Balaban J connectivity index is 0.00000364. The van der Waals surface area contributed by atoms with Crippen LogP contribution < -0.4 is 15.4 Å². The summed E-state index contributed by atoms with van der Waals surface area (Å²) in [5.74, 6) is 1.58. The molecule has 0 aliphatic rings. The number of hydrogen-bond donors (Lipinski definition) is 2. The maximum Gasteiger partial charge on any atom is 0.191 e. The summed E-state index contributed by atoms with van der Waals surface area (Å²) >= 11 is 0. The van der Waals surface area contributed by atoms with E-state index in [9.17, 15) is 4.39 Å². The lowest BCUT2D eigenvalue weighted by atomic mass is 10.1. The number of ether oxygens (including phenoxy) is 1. The normalized spacial score (nSPS) is 12.4. The Hall–Kier alpha value is -1.84. The number of rotatable bonds is 8. The van der Waals surface area contributed by atoms with Gasteiger partial charge in [0.05, 0.1) is 18.8 Å². The first kappa shape index (κ1) is 23.2. The molecule has 6 nitrogen and oxygen atoms in total. The molecule has 0 saturated heterocycles. The number of aromatic nitrogens is 1. The van der Waals surface area contributed by atoms with Crippen LogP contribution in [0.25, 0.3) is 0 Å². The third-order valence-corrected chi connectivity index (χ3v) is 3.91. The first-order valence-electron chi connectivity index (χ1n) is 8.84. The second kappa shape index (κ2) is 11.8. The molecule has 27 heavy (non-hydrogen) atoms. The second-order valence-corrected chi connectivity index (χ2v) is 6.26. The van der Waals surface area contributed by atoms with Crippen LogP contribution in [0.1, 0.15) is 44.6 Å². The van der Waals surface area contributed by atoms with Gasteiger partial charge in [-0.25, -0.2) is 4.39 Å². The van der Waals surface area contributed by atoms with Gasteiger partial charge in [-0.3, -0.25) is 4.99 Å². The van der Waals surface area contributed by atoms with Gasteiger partial charge in [0.1, 0.15) is 6.10 Å². The molecule has 0 aliphatic heterocycles. The van der Waals surface area contributed by atoms with Gasteiger partial charge < -0.3 is 19.9 Å². The van der Waals surface area contributed by atoms with Gasteiger partial charge in [-0.1, -0.05) is 38.1 Å². The lowest BCUT2D eigenvalue weighted by Gasteiger charge is -2.20. The summed E-state index contributed by atoms with van der Waals surface area (Å²) in [6.07, 6.45) is 0.557. The van der Waals surface area contributed by atoms with Crippen LogP contribution in [-0.2, 0) is 6.54 Å². The van der Waals surface area contributed by atoms with Crippen molar-refractivity contribution in [2.24, 2.45) is 4.99 Å². The fourth-order valence-corrected chi connectivity index (χ4v) is 2.28. The van der Waals surface area contributed by atoms with E-state index in [1.165, 1.54) is 6.07 Å². The van der Waals surface area contributed by atoms with E-state index in [4.69, 9.17) is 9.26 Å². The SMILES string of the molecule is CCC(CNC(=NC)NCc1cc(C(C)C)no1)Oc1ccccc1F.I. The summed E-state index contributed by atoms with van der Waals surface area (Å²) in [7, 11) is 1.69. The molecule has 0 fully saturated rings. The van der Waals surface area contributed by atoms with Crippen molar-refractivity contribution in [2.45, 2.75) is 45.8 Å². The quantitative estimate of drug-likeness (QED) is 0.332. The van der Waals surface area contributed by atoms with Crippen molar-refractivity contribution in [3.63, 3.8) is 0 Å². The van der Waals surface area contributed by atoms with E-state index < -0.39 is 0 Å². The Kier molecular flexibility index (Phi) is 10.1. The molecule has 150 valence electrons. The molecule has 0 amide bonds. The maximum absolute atomic E-state index is 13.7. The average Bonchev–Trinajstić information content (AvgIpc) is 3.11. The highest BCUT2D eigenvalue weighted by molar-refractivity contribution is 14.0. The number of halogens is 2. The molecule has 0 radical (unpaired) electrons. The molecule has 1 aromatic carbocycles. The number of para-hydroxylation sites is 1. The highest BCUT2D eigenvalue weighted by Gasteiger charge is 2.13. The molecule has 1 heterocycles. The van der Waals surface area contributed by atoms with Crippen molar-refractivity contribution in [3.05, 3.63) is 47.6 Å². The Labute approximate surface area is 177 Å². The minimum atomic E-state index is -0.361. The summed E-state index contributed by atoms with van der Waals surface area (Å²) in [5, 5.41) is 10.4. The van der Waals surface area contributed by atoms with E-state index in [1.807, 2.05) is 13.0 Å². The Morgan fingerprint density at radius 1 is 1.30 bits per heavy atom. The van der Waals surface area contributed by atoms with Crippen molar-refractivity contribution in [3.8, 4) is 5.75 Å². The highest BCUT2D eigenvalue weighted by Crippen LogP contribution is 2.18. The molecule has 2 aromatic rings. The van der Waals surface area contributed by atoms with Gasteiger partial charge in [-0.2, -0.15) is 0 Å². The topological polar surface area (TPSA) is 71.7 Å². The monoisotopic (exact) mass is 490 g/mol. The standard InChI is InChI=1S/C19H27FN4O2.HI/c1-5-14(25-18-9-7-6-8-16(18)20)11-22-19(21-4)23-12-15-10-17(13(2)3)24-26-15;/h6-10,13-14H,5,11-12H2,1-4H3,(H2,21,22,23);1H. The third kappa shape index (κ3) is 7.36. The Bertz CT molecular complexity index is 721. The second-order valence-electron chi connectivity index (χ2n) is 6.26. The minimum Gasteiger partial charge on any atom is -0.486 e. The molecule has 0 bridgehead atoms. The number of nitrogens with zero attached hydrogens (tertiary/aromatic N) is 2.